The van der Waals surface area contributed by atoms with Crippen LogP contribution in [0.25, 0.3) is 0 Å². The Bertz CT molecular complexity index is 805. The van der Waals surface area contributed by atoms with E-state index in [0.29, 0.717) is 19.3 Å². The van der Waals surface area contributed by atoms with Crippen LogP contribution in [0.3, 0.4) is 0 Å². The number of fused-ring (bicyclic) bond motifs is 1. The summed E-state index contributed by atoms with van der Waals surface area (Å²) in [5.41, 5.74) is 1.52. The van der Waals surface area contributed by atoms with Crippen molar-refractivity contribution in [1.29, 1.82) is 0 Å². The Hall–Kier alpha value is -1.93. The van der Waals surface area contributed by atoms with Crippen molar-refractivity contribution in [2.24, 2.45) is 0 Å². The van der Waals surface area contributed by atoms with Crippen LogP contribution in [0.2, 0.25) is 0 Å². The van der Waals surface area contributed by atoms with Crippen molar-refractivity contribution in [1.82, 2.24) is 4.31 Å². The van der Waals surface area contributed by atoms with Gasteiger partial charge in [0.25, 0.3) is 0 Å². The molecule has 1 N–H and O–H groups in total. The van der Waals surface area contributed by atoms with Gasteiger partial charge < -0.3 is 10.0 Å². The molecule has 2 heterocycles. The van der Waals surface area contributed by atoms with Gasteiger partial charge in [0.15, 0.2) is 0 Å². The summed E-state index contributed by atoms with van der Waals surface area (Å²) < 4.78 is 26.7. The third kappa shape index (κ3) is 2.59. The van der Waals surface area contributed by atoms with E-state index in [0.717, 1.165) is 15.6 Å². The van der Waals surface area contributed by atoms with Gasteiger partial charge in [-0.15, -0.1) is 0 Å². The summed E-state index contributed by atoms with van der Waals surface area (Å²) in [4.78, 5) is 24.8. The number of amides is 1. The maximum Gasteiger partial charge on any atom is 0.322 e. The number of hydrogen-bond acceptors (Lipinski definition) is 4. The molecule has 7 nitrogen and oxygen atoms in total. The number of anilines is 1. The summed E-state index contributed by atoms with van der Waals surface area (Å²) in [7, 11) is -3.86. The molecule has 24 heavy (non-hydrogen) atoms. The lowest BCUT2D eigenvalue weighted by molar-refractivity contribution is -0.140. The highest BCUT2D eigenvalue weighted by atomic mass is 32.2. The highest BCUT2D eigenvalue weighted by Gasteiger charge is 2.40. The summed E-state index contributed by atoms with van der Waals surface area (Å²) in [6.45, 7) is 3.61. The lowest BCUT2D eigenvalue weighted by atomic mass is 10.1. The summed E-state index contributed by atoms with van der Waals surface area (Å²) >= 11 is 0. The smallest absolute Gasteiger partial charge is 0.322 e. The predicted octanol–water partition coefficient (Wildman–Crippen LogP) is 1.22. The lowest BCUT2D eigenvalue weighted by Gasteiger charge is -2.22. The maximum atomic E-state index is 12.8. The largest absolute Gasteiger partial charge is 0.480 e. The zero-order valence-corrected chi connectivity index (χ0v) is 14.4. The van der Waals surface area contributed by atoms with Crippen molar-refractivity contribution in [3.63, 3.8) is 0 Å². The Morgan fingerprint density at radius 1 is 1.29 bits per heavy atom. The fraction of sp³-hybridized carbons (Fsp3) is 0.500. The number of hydrogen-bond donors (Lipinski definition) is 1. The van der Waals surface area contributed by atoms with Gasteiger partial charge in [0.05, 0.1) is 4.90 Å². The highest BCUT2D eigenvalue weighted by molar-refractivity contribution is 7.89. The van der Waals surface area contributed by atoms with E-state index in [1.807, 2.05) is 6.92 Å². The second-order valence-corrected chi connectivity index (χ2v) is 8.24. The molecule has 130 valence electrons. The van der Waals surface area contributed by atoms with E-state index in [2.05, 4.69) is 0 Å². The van der Waals surface area contributed by atoms with Gasteiger partial charge in [-0.1, -0.05) is 0 Å². The van der Waals surface area contributed by atoms with Crippen LogP contribution >= 0.6 is 0 Å². The molecule has 0 radical (unpaired) electrons. The third-order valence-electron chi connectivity index (χ3n) is 4.70. The van der Waals surface area contributed by atoms with Gasteiger partial charge in [-0.25, -0.2) is 8.42 Å². The molecule has 8 heteroatoms. The minimum Gasteiger partial charge on any atom is -0.480 e. The van der Waals surface area contributed by atoms with Crippen LogP contribution in [0.1, 0.15) is 32.3 Å². The highest BCUT2D eigenvalue weighted by Crippen LogP contribution is 2.35. The lowest BCUT2D eigenvalue weighted by Crippen LogP contribution is -2.40. The summed E-state index contributed by atoms with van der Waals surface area (Å²) in [6.07, 6.45) is 1.45. The number of sulfonamides is 1. The predicted molar refractivity (Wildman–Crippen MR) is 87.3 cm³/mol. The molecule has 1 amide bonds. The second-order valence-electron chi connectivity index (χ2n) is 6.34. The Morgan fingerprint density at radius 3 is 2.62 bits per heavy atom. The van der Waals surface area contributed by atoms with Gasteiger partial charge in [0, 0.05) is 25.2 Å². The van der Waals surface area contributed by atoms with Crippen LogP contribution in [0.5, 0.6) is 0 Å². The van der Waals surface area contributed by atoms with Gasteiger partial charge >= 0.3 is 5.97 Å². The van der Waals surface area contributed by atoms with Gasteiger partial charge in [-0.3, -0.25) is 9.59 Å². The molecule has 2 aliphatic heterocycles. The van der Waals surface area contributed by atoms with Gasteiger partial charge in [0.2, 0.25) is 15.9 Å². The molecule has 2 aliphatic rings. The number of benzene rings is 1. The van der Waals surface area contributed by atoms with Crippen molar-refractivity contribution >= 4 is 27.6 Å². The number of nitrogens with zero attached hydrogens (tertiary/aromatic N) is 2. The van der Waals surface area contributed by atoms with Crippen molar-refractivity contribution in [2.45, 2.75) is 50.1 Å². The normalized spacial score (nSPS) is 24.2. The van der Waals surface area contributed by atoms with Crippen LogP contribution in [0.4, 0.5) is 5.69 Å². The monoisotopic (exact) mass is 352 g/mol. The molecule has 1 unspecified atom stereocenters. The zero-order chi connectivity index (χ0) is 17.6. The van der Waals surface area contributed by atoms with Crippen molar-refractivity contribution in [2.75, 3.05) is 11.4 Å². The van der Waals surface area contributed by atoms with Crippen molar-refractivity contribution in [3.05, 3.63) is 23.8 Å². The fourth-order valence-corrected chi connectivity index (χ4v) is 5.36. The van der Waals surface area contributed by atoms with E-state index in [1.54, 1.807) is 17.0 Å². The fourth-order valence-electron chi connectivity index (χ4n) is 3.66. The van der Waals surface area contributed by atoms with E-state index in [1.165, 1.54) is 13.0 Å². The van der Waals surface area contributed by atoms with Crippen LogP contribution in [-0.4, -0.2) is 48.3 Å². The first-order chi connectivity index (χ1) is 11.2. The minimum atomic E-state index is -3.86. The van der Waals surface area contributed by atoms with Crippen LogP contribution in [0.15, 0.2) is 23.1 Å². The number of carbonyl (C=O) groups excluding carboxylic acids is 1. The Morgan fingerprint density at radius 2 is 2.00 bits per heavy atom. The Kier molecular flexibility index (Phi) is 4.13. The molecule has 3 rings (SSSR count). The molecule has 0 saturated carbocycles. The SMILES string of the molecule is CC(=O)N1c2ccc(S(=O)(=O)N3CCC[C@@H]3C(=O)O)cc2CC1C. The van der Waals surface area contributed by atoms with E-state index in [-0.39, 0.29) is 23.4 Å². The van der Waals surface area contributed by atoms with E-state index >= 15 is 0 Å². The number of carboxylic acids is 1. The topological polar surface area (TPSA) is 95.0 Å². The first kappa shape index (κ1) is 16.9. The van der Waals surface area contributed by atoms with Crippen LogP contribution in [-0.2, 0) is 26.0 Å². The first-order valence-corrected chi connectivity index (χ1v) is 9.35. The number of rotatable bonds is 3. The molecule has 0 spiro atoms. The first-order valence-electron chi connectivity index (χ1n) is 7.91. The van der Waals surface area contributed by atoms with E-state index < -0.39 is 22.0 Å². The average Bonchev–Trinajstić information content (AvgIpc) is 3.09. The van der Waals surface area contributed by atoms with E-state index in [4.69, 9.17) is 0 Å². The summed E-state index contributed by atoms with van der Waals surface area (Å²) in [6, 6.07) is 3.64. The molecule has 1 aromatic rings. The number of aliphatic carboxylic acids is 1. The van der Waals surface area contributed by atoms with Gasteiger partial charge in [-0.05, 0) is 49.9 Å². The summed E-state index contributed by atoms with van der Waals surface area (Å²) in [5.74, 6) is -1.20. The molecular formula is C16H20N2O5S. The Balaban J connectivity index is 1.98. The number of carbonyl (C=O) groups is 2. The van der Waals surface area contributed by atoms with Crippen molar-refractivity contribution in [3.8, 4) is 0 Å². The Labute approximate surface area is 140 Å². The number of carboxylic acid groups (broad SMARTS) is 1. The molecule has 2 atom stereocenters. The molecule has 0 aliphatic carbocycles. The third-order valence-corrected chi connectivity index (χ3v) is 6.61. The van der Waals surface area contributed by atoms with Gasteiger partial charge in [0.1, 0.15) is 6.04 Å². The molecule has 0 bridgehead atoms. The average molecular weight is 352 g/mol. The molecule has 0 aromatic heterocycles. The molecular weight excluding hydrogens is 332 g/mol. The molecule has 1 saturated heterocycles. The maximum absolute atomic E-state index is 12.8. The van der Waals surface area contributed by atoms with Crippen LogP contribution in [0, 0.1) is 0 Å². The minimum absolute atomic E-state index is 0.0194. The van der Waals surface area contributed by atoms with E-state index in [9.17, 15) is 23.1 Å². The summed E-state index contributed by atoms with van der Waals surface area (Å²) in [5, 5.41) is 9.23. The molecule has 1 fully saturated rings. The zero-order valence-electron chi connectivity index (χ0n) is 13.6. The van der Waals surface area contributed by atoms with Gasteiger partial charge in [-0.2, -0.15) is 4.31 Å². The second kappa shape index (κ2) is 5.86. The molecule has 1 aromatic carbocycles. The van der Waals surface area contributed by atoms with Crippen molar-refractivity contribution < 1.29 is 23.1 Å². The standard InChI is InChI=1S/C16H20N2O5S/c1-10-8-12-9-13(5-6-14(12)18(10)11(2)19)24(22,23)17-7-3-4-15(17)16(20)21/h5-6,9-10,15H,3-4,7-8H2,1-2H3,(H,20,21)/t10?,15-/m1/s1. The van der Waals surface area contributed by atoms with Crippen LogP contribution < -0.4 is 4.90 Å². The quantitative estimate of drug-likeness (QED) is 0.883.